The zero-order chi connectivity index (χ0) is 10.4. The summed E-state index contributed by atoms with van der Waals surface area (Å²) in [6, 6.07) is 0. The number of nitrogens with zero attached hydrogens (tertiary/aromatic N) is 4. The number of hydrogen-bond acceptors (Lipinski definition) is 6. The number of nitrogen functional groups attached to an aromatic ring is 1. The molecular weight excluding hydrogens is 206 g/mol. The Morgan fingerprint density at radius 2 is 2.29 bits per heavy atom. The highest BCUT2D eigenvalue weighted by Crippen LogP contribution is 2.30. The summed E-state index contributed by atoms with van der Waals surface area (Å²) < 4.78 is 24.0. The van der Waals surface area contributed by atoms with E-state index in [-0.39, 0.29) is 17.5 Å². The lowest BCUT2D eigenvalue weighted by Gasteiger charge is -2.21. The number of anilines is 1. The van der Waals surface area contributed by atoms with E-state index in [0.29, 0.717) is 6.42 Å². The van der Waals surface area contributed by atoms with Crippen LogP contribution in [-0.4, -0.2) is 40.1 Å². The minimum absolute atomic E-state index is 0.0508. The minimum atomic E-state index is -2.97. The molecule has 0 amide bonds. The molecule has 0 aliphatic carbocycles. The average molecular weight is 217 g/mol. The Bertz CT molecular complexity index is 453. The second-order valence-corrected chi connectivity index (χ2v) is 5.97. The molecule has 2 rings (SSSR count). The SMILES string of the molecule is CC1(n2nnnc2N)CCS(=O)(=O)C1. The van der Waals surface area contributed by atoms with Crippen LogP contribution in [0.3, 0.4) is 0 Å². The molecule has 7 nitrogen and oxygen atoms in total. The van der Waals surface area contributed by atoms with Gasteiger partial charge in [0.2, 0.25) is 5.95 Å². The van der Waals surface area contributed by atoms with E-state index in [0.717, 1.165) is 0 Å². The number of aromatic nitrogens is 4. The molecule has 1 saturated heterocycles. The average Bonchev–Trinajstić information content (AvgIpc) is 2.57. The van der Waals surface area contributed by atoms with Gasteiger partial charge in [-0.3, -0.25) is 0 Å². The van der Waals surface area contributed by atoms with Crippen LogP contribution in [0.4, 0.5) is 5.95 Å². The summed E-state index contributed by atoms with van der Waals surface area (Å²) in [6.45, 7) is 1.80. The number of hydrogen-bond donors (Lipinski definition) is 1. The summed E-state index contributed by atoms with van der Waals surface area (Å²) in [4.78, 5) is 0. The number of sulfone groups is 1. The summed E-state index contributed by atoms with van der Waals surface area (Å²) in [5.74, 6) is 0.377. The lowest BCUT2D eigenvalue weighted by atomic mass is 10.0. The van der Waals surface area contributed by atoms with Gasteiger partial charge in [0.25, 0.3) is 0 Å². The second kappa shape index (κ2) is 2.66. The first kappa shape index (κ1) is 9.38. The van der Waals surface area contributed by atoms with Crippen LogP contribution in [0.1, 0.15) is 13.3 Å². The Labute approximate surface area is 81.2 Å². The molecule has 0 aromatic carbocycles. The van der Waals surface area contributed by atoms with E-state index >= 15 is 0 Å². The maximum atomic E-state index is 11.3. The standard InChI is InChI=1S/C6H11N5O2S/c1-6(2-3-14(12,13)4-6)11-5(7)8-9-10-11/h2-4H2,1H3,(H2,7,8,10). The second-order valence-electron chi connectivity index (χ2n) is 3.79. The maximum absolute atomic E-state index is 11.3. The van der Waals surface area contributed by atoms with Crippen LogP contribution in [0.25, 0.3) is 0 Å². The van der Waals surface area contributed by atoms with Crippen molar-refractivity contribution in [3.05, 3.63) is 0 Å². The van der Waals surface area contributed by atoms with E-state index < -0.39 is 15.4 Å². The highest BCUT2D eigenvalue weighted by atomic mass is 32.2. The van der Waals surface area contributed by atoms with Gasteiger partial charge in [-0.1, -0.05) is 5.10 Å². The molecule has 0 radical (unpaired) electrons. The largest absolute Gasteiger partial charge is 0.367 e. The summed E-state index contributed by atoms with van der Waals surface area (Å²) in [5, 5.41) is 10.6. The van der Waals surface area contributed by atoms with Crippen molar-refractivity contribution >= 4 is 15.8 Å². The number of tetrazole rings is 1. The van der Waals surface area contributed by atoms with Gasteiger partial charge in [0, 0.05) is 0 Å². The van der Waals surface area contributed by atoms with Gasteiger partial charge in [-0.05, 0) is 23.8 Å². The first-order chi connectivity index (χ1) is 6.43. The Morgan fingerprint density at radius 3 is 2.71 bits per heavy atom. The number of rotatable bonds is 1. The maximum Gasteiger partial charge on any atom is 0.240 e. The van der Waals surface area contributed by atoms with Crippen LogP contribution >= 0.6 is 0 Å². The van der Waals surface area contributed by atoms with Gasteiger partial charge in [0.1, 0.15) is 0 Å². The topological polar surface area (TPSA) is 104 Å². The Kier molecular flexibility index (Phi) is 1.78. The molecule has 14 heavy (non-hydrogen) atoms. The smallest absolute Gasteiger partial charge is 0.240 e. The third-order valence-corrected chi connectivity index (χ3v) is 4.38. The van der Waals surface area contributed by atoms with E-state index in [1.54, 1.807) is 6.92 Å². The van der Waals surface area contributed by atoms with Crippen LogP contribution in [0.5, 0.6) is 0 Å². The van der Waals surface area contributed by atoms with Crippen LogP contribution in [0, 0.1) is 0 Å². The molecular formula is C6H11N5O2S. The van der Waals surface area contributed by atoms with Crippen molar-refractivity contribution in [2.45, 2.75) is 18.9 Å². The first-order valence-electron chi connectivity index (χ1n) is 4.18. The Morgan fingerprint density at radius 1 is 1.57 bits per heavy atom. The molecule has 0 spiro atoms. The molecule has 8 heteroatoms. The fraction of sp³-hybridized carbons (Fsp3) is 0.833. The van der Waals surface area contributed by atoms with E-state index in [1.165, 1.54) is 4.68 Å². The van der Waals surface area contributed by atoms with Gasteiger partial charge >= 0.3 is 0 Å². The lowest BCUT2D eigenvalue weighted by molar-refractivity contribution is 0.326. The van der Waals surface area contributed by atoms with Crippen LogP contribution in [0.2, 0.25) is 0 Å². The van der Waals surface area contributed by atoms with Gasteiger partial charge in [0.05, 0.1) is 17.0 Å². The number of nitrogens with two attached hydrogens (primary N) is 1. The molecule has 1 aliphatic heterocycles. The zero-order valence-corrected chi connectivity index (χ0v) is 8.53. The van der Waals surface area contributed by atoms with Crippen molar-refractivity contribution in [1.82, 2.24) is 20.2 Å². The zero-order valence-electron chi connectivity index (χ0n) is 7.71. The van der Waals surface area contributed by atoms with Crippen molar-refractivity contribution in [1.29, 1.82) is 0 Å². The normalized spacial score (nSPS) is 30.6. The quantitative estimate of drug-likeness (QED) is 0.633. The van der Waals surface area contributed by atoms with Gasteiger partial charge in [-0.15, -0.1) is 0 Å². The summed E-state index contributed by atoms with van der Waals surface area (Å²) in [6.07, 6.45) is 0.505. The predicted octanol–water partition coefficient (Wildman–Crippen LogP) is -1.21. The summed E-state index contributed by atoms with van der Waals surface area (Å²) in [5.41, 5.74) is 4.94. The van der Waals surface area contributed by atoms with Crippen molar-refractivity contribution in [2.75, 3.05) is 17.2 Å². The predicted molar refractivity (Wildman–Crippen MR) is 49.1 cm³/mol. The fourth-order valence-corrected chi connectivity index (χ4v) is 3.85. The third kappa shape index (κ3) is 1.35. The molecule has 1 aliphatic rings. The lowest BCUT2D eigenvalue weighted by Crippen LogP contribution is -2.33. The molecule has 1 unspecified atom stereocenters. The van der Waals surface area contributed by atoms with Gasteiger partial charge < -0.3 is 5.73 Å². The van der Waals surface area contributed by atoms with Crippen molar-refractivity contribution < 1.29 is 8.42 Å². The van der Waals surface area contributed by atoms with Crippen molar-refractivity contribution in [2.24, 2.45) is 0 Å². The molecule has 2 heterocycles. The van der Waals surface area contributed by atoms with E-state index in [2.05, 4.69) is 15.5 Å². The van der Waals surface area contributed by atoms with Crippen LogP contribution in [-0.2, 0) is 15.4 Å². The molecule has 2 N–H and O–H groups in total. The third-order valence-electron chi connectivity index (χ3n) is 2.49. The highest BCUT2D eigenvalue weighted by molar-refractivity contribution is 7.91. The van der Waals surface area contributed by atoms with Crippen molar-refractivity contribution in [3.8, 4) is 0 Å². The van der Waals surface area contributed by atoms with Crippen molar-refractivity contribution in [3.63, 3.8) is 0 Å². The molecule has 1 fully saturated rings. The van der Waals surface area contributed by atoms with Crippen LogP contribution < -0.4 is 5.73 Å². The molecule has 78 valence electrons. The Balaban J connectivity index is 2.41. The van der Waals surface area contributed by atoms with Gasteiger partial charge in [0.15, 0.2) is 9.84 Å². The van der Waals surface area contributed by atoms with E-state index in [4.69, 9.17) is 5.73 Å². The summed E-state index contributed by atoms with van der Waals surface area (Å²) >= 11 is 0. The monoisotopic (exact) mass is 217 g/mol. The molecule has 1 aromatic heterocycles. The molecule has 0 saturated carbocycles. The molecule has 0 bridgehead atoms. The van der Waals surface area contributed by atoms with E-state index in [1.807, 2.05) is 0 Å². The molecule has 1 atom stereocenters. The fourth-order valence-electron chi connectivity index (χ4n) is 1.74. The molecule has 1 aromatic rings. The van der Waals surface area contributed by atoms with Gasteiger partial charge in [-0.2, -0.15) is 0 Å². The Hall–Kier alpha value is -1.18. The highest BCUT2D eigenvalue weighted by Gasteiger charge is 2.42. The van der Waals surface area contributed by atoms with Crippen LogP contribution in [0.15, 0.2) is 0 Å². The summed E-state index contributed by atoms with van der Waals surface area (Å²) in [7, 11) is -2.97. The van der Waals surface area contributed by atoms with E-state index in [9.17, 15) is 8.42 Å². The first-order valence-corrected chi connectivity index (χ1v) is 6.00. The minimum Gasteiger partial charge on any atom is -0.367 e. The van der Waals surface area contributed by atoms with Gasteiger partial charge in [-0.25, -0.2) is 13.1 Å².